The molecule has 1 unspecified atom stereocenters. The molecule has 2 aromatic carbocycles. The molecule has 0 bridgehead atoms. The van der Waals surface area contributed by atoms with Crippen LogP contribution in [-0.2, 0) is 23.1 Å². The molecule has 3 aliphatic carbocycles. The molecule has 6 nitrogen and oxygen atoms in total. The molecule has 0 amide bonds. The van der Waals surface area contributed by atoms with E-state index in [2.05, 4.69) is 36.3 Å². The number of aldehydes is 1. The largest absolute Gasteiger partial charge is 0.493 e. The molecule has 226 valence electrons. The van der Waals surface area contributed by atoms with Gasteiger partial charge in [-0.2, -0.15) is 0 Å². The topological polar surface area (TPSA) is 88.5 Å². The highest BCUT2D eigenvalue weighted by molar-refractivity contribution is 6.30. The Morgan fingerprint density at radius 3 is 2.74 bits per heavy atom. The molecule has 6 rings (SSSR count). The Bertz CT molecular complexity index is 1510. The first kappa shape index (κ1) is 29.7. The van der Waals surface area contributed by atoms with E-state index in [9.17, 15) is 14.7 Å². The van der Waals surface area contributed by atoms with E-state index >= 15 is 0 Å². The van der Waals surface area contributed by atoms with Crippen LogP contribution in [0.15, 0.2) is 54.7 Å². The zero-order chi connectivity index (χ0) is 30.2. The summed E-state index contributed by atoms with van der Waals surface area (Å²) in [6, 6.07) is 15.4. The number of nitrogens with one attached hydrogen (secondary N) is 1. The minimum absolute atomic E-state index is 0.179. The molecule has 1 fully saturated rings. The summed E-state index contributed by atoms with van der Waals surface area (Å²) >= 11 is 6.22. The number of aliphatic carboxylic acids is 1. The first-order valence-electron chi connectivity index (χ1n) is 15.7. The van der Waals surface area contributed by atoms with Gasteiger partial charge in [-0.25, -0.2) is 4.79 Å². The zero-order valence-electron chi connectivity index (χ0n) is 25.1. The molecule has 1 saturated carbocycles. The van der Waals surface area contributed by atoms with Gasteiger partial charge in [0.05, 0.1) is 6.61 Å². The van der Waals surface area contributed by atoms with Crippen molar-refractivity contribution in [3.05, 3.63) is 87.7 Å². The number of rotatable bonds is 9. The van der Waals surface area contributed by atoms with Crippen molar-refractivity contribution >= 4 is 29.5 Å². The van der Waals surface area contributed by atoms with Gasteiger partial charge in [-0.3, -0.25) is 9.78 Å². The molecule has 0 saturated heterocycles. The van der Waals surface area contributed by atoms with E-state index < -0.39 is 11.5 Å². The van der Waals surface area contributed by atoms with Crippen molar-refractivity contribution in [2.24, 2.45) is 11.8 Å². The number of benzene rings is 2. The number of fused-ring (bicyclic) bond motifs is 3. The predicted molar refractivity (Wildman–Crippen MR) is 169 cm³/mol. The van der Waals surface area contributed by atoms with E-state index in [1.807, 2.05) is 30.5 Å². The third-order valence-electron chi connectivity index (χ3n) is 10.5. The average Bonchev–Trinajstić information content (AvgIpc) is 3.28. The van der Waals surface area contributed by atoms with Crippen LogP contribution in [0, 0.1) is 11.8 Å². The molecule has 3 aliphatic rings. The summed E-state index contributed by atoms with van der Waals surface area (Å²) in [6.07, 6.45) is 10.5. The Morgan fingerprint density at radius 1 is 1.19 bits per heavy atom. The number of carbonyl (C=O) groups excluding carboxylic acids is 1. The quantitative estimate of drug-likeness (QED) is 0.242. The molecule has 1 heterocycles. The highest BCUT2D eigenvalue weighted by Crippen LogP contribution is 2.56. The predicted octanol–water partition coefficient (Wildman–Crippen LogP) is 8.01. The fraction of sp³-hybridized carbons (Fsp3) is 0.472. The number of anilines is 1. The number of halogens is 1. The summed E-state index contributed by atoms with van der Waals surface area (Å²) in [7, 11) is 0. The molecule has 2 N–H and O–H groups in total. The van der Waals surface area contributed by atoms with Gasteiger partial charge in [-0.15, -0.1) is 0 Å². The lowest BCUT2D eigenvalue weighted by molar-refractivity contribution is -0.144. The number of carbonyl (C=O) groups is 2. The van der Waals surface area contributed by atoms with Crippen LogP contribution in [0.5, 0.6) is 5.75 Å². The number of ether oxygens (including phenoxy) is 1. The van der Waals surface area contributed by atoms with Crippen molar-refractivity contribution < 1.29 is 19.4 Å². The van der Waals surface area contributed by atoms with Gasteiger partial charge >= 0.3 is 5.97 Å². The van der Waals surface area contributed by atoms with Crippen LogP contribution in [-0.4, -0.2) is 34.5 Å². The summed E-state index contributed by atoms with van der Waals surface area (Å²) in [5.74, 6) is 1.24. The second-order valence-corrected chi connectivity index (χ2v) is 13.7. The second kappa shape index (κ2) is 12.0. The smallest absolute Gasteiger partial charge is 0.329 e. The lowest BCUT2D eigenvalue weighted by Gasteiger charge is -2.47. The Labute approximate surface area is 259 Å². The van der Waals surface area contributed by atoms with Crippen molar-refractivity contribution in [1.82, 2.24) is 4.98 Å². The van der Waals surface area contributed by atoms with E-state index in [1.54, 1.807) is 12.1 Å². The van der Waals surface area contributed by atoms with Crippen LogP contribution < -0.4 is 10.1 Å². The van der Waals surface area contributed by atoms with E-state index in [1.165, 1.54) is 35.2 Å². The van der Waals surface area contributed by atoms with Gasteiger partial charge in [-0.1, -0.05) is 43.6 Å². The minimum Gasteiger partial charge on any atom is -0.493 e. The van der Waals surface area contributed by atoms with Gasteiger partial charge < -0.3 is 15.2 Å². The fourth-order valence-corrected chi connectivity index (χ4v) is 8.38. The molecule has 7 heteroatoms. The summed E-state index contributed by atoms with van der Waals surface area (Å²) in [5, 5.41) is 14.4. The van der Waals surface area contributed by atoms with Gasteiger partial charge in [0.25, 0.3) is 0 Å². The number of carboxylic acids is 1. The SMILES string of the molecule is C[C@@H](COc1ccnc2c1[C@H](C)CCC2)CC1Cc2ccc(C=O)cc2C12CCC(Nc1cccc(Cl)c1)(C(=O)O)CC2. The van der Waals surface area contributed by atoms with Gasteiger partial charge in [-0.05, 0) is 122 Å². The second-order valence-electron chi connectivity index (χ2n) is 13.2. The van der Waals surface area contributed by atoms with Crippen molar-refractivity contribution in [2.75, 3.05) is 11.9 Å². The van der Waals surface area contributed by atoms with Crippen molar-refractivity contribution in [2.45, 2.75) is 88.5 Å². The number of aromatic nitrogens is 1. The standard InChI is InChI=1S/C36H41ClN2O4/c1-23(22-43-32-11-16-38-31-8-3-5-24(2)33(31)32)17-27-19-26-10-9-25(21-40)18-30(26)35(27)12-14-36(15-13-35,34(41)42)39-29-7-4-6-28(37)20-29/h4,6-7,9-11,16,18,20-21,23-24,27,39H,3,5,8,12-15,17,19,22H2,1-2H3,(H,41,42)/t23-,24-,27?,35?,36?/m1/s1. The molecular formula is C36H41ClN2O4. The molecule has 1 aromatic heterocycles. The highest BCUT2D eigenvalue weighted by atomic mass is 35.5. The van der Waals surface area contributed by atoms with E-state index in [0.717, 1.165) is 49.8 Å². The summed E-state index contributed by atoms with van der Waals surface area (Å²) < 4.78 is 6.49. The Kier molecular flexibility index (Phi) is 8.25. The molecular weight excluding hydrogens is 560 g/mol. The lowest BCUT2D eigenvalue weighted by atomic mass is 9.59. The summed E-state index contributed by atoms with van der Waals surface area (Å²) in [5.41, 5.74) is 5.11. The van der Waals surface area contributed by atoms with E-state index in [-0.39, 0.29) is 5.41 Å². The zero-order valence-corrected chi connectivity index (χ0v) is 25.8. The molecule has 0 radical (unpaired) electrons. The highest BCUT2D eigenvalue weighted by Gasteiger charge is 2.54. The Balaban J connectivity index is 1.23. The summed E-state index contributed by atoms with van der Waals surface area (Å²) in [6.45, 7) is 5.15. The maximum atomic E-state index is 12.8. The normalized spacial score (nSPS) is 26.8. The van der Waals surface area contributed by atoms with Crippen LogP contribution in [0.3, 0.4) is 0 Å². The minimum atomic E-state index is -1.07. The summed E-state index contributed by atoms with van der Waals surface area (Å²) in [4.78, 5) is 29.2. The van der Waals surface area contributed by atoms with Crippen LogP contribution >= 0.6 is 11.6 Å². The first-order chi connectivity index (χ1) is 20.7. The first-order valence-corrected chi connectivity index (χ1v) is 16.1. The van der Waals surface area contributed by atoms with Crippen LogP contribution in [0.4, 0.5) is 5.69 Å². The molecule has 1 spiro atoms. The molecule has 3 aromatic rings. The maximum Gasteiger partial charge on any atom is 0.329 e. The van der Waals surface area contributed by atoms with Crippen molar-refractivity contribution in [3.8, 4) is 5.75 Å². The van der Waals surface area contributed by atoms with Crippen molar-refractivity contribution in [1.29, 1.82) is 0 Å². The fourth-order valence-electron chi connectivity index (χ4n) is 8.19. The molecule has 43 heavy (non-hydrogen) atoms. The third-order valence-corrected chi connectivity index (χ3v) is 10.7. The number of hydrogen-bond donors (Lipinski definition) is 2. The number of pyridine rings is 1. The van der Waals surface area contributed by atoms with Gasteiger partial charge in [0.2, 0.25) is 0 Å². The van der Waals surface area contributed by atoms with Crippen LogP contribution in [0.25, 0.3) is 0 Å². The van der Waals surface area contributed by atoms with Crippen LogP contribution in [0.2, 0.25) is 5.02 Å². The maximum absolute atomic E-state index is 12.8. The Morgan fingerprint density at radius 2 is 2.00 bits per heavy atom. The number of aryl methyl sites for hydroxylation is 1. The van der Waals surface area contributed by atoms with Gasteiger partial charge in [0.15, 0.2) is 0 Å². The monoisotopic (exact) mass is 600 g/mol. The van der Waals surface area contributed by atoms with Crippen LogP contribution in [0.1, 0.15) is 97.5 Å². The lowest BCUT2D eigenvalue weighted by Crippen LogP contribution is -2.53. The van der Waals surface area contributed by atoms with E-state index in [4.69, 9.17) is 16.3 Å². The van der Waals surface area contributed by atoms with Gasteiger partial charge in [0, 0.05) is 33.7 Å². The number of nitrogens with zero attached hydrogens (tertiary/aromatic N) is 1. The average molecular weight is 601 g/mol. The number of hydrogen-bond acceptors (Lipinski definition) is 5. The third kappa shape index (κ3) is 5.66. The van der Waals surface area contributed by atoms with Gasteiger partial charge in [0.1, 0.15) is 17.6 Å². The molecule has 3 atom stereocenters. The van der Waals surface area contributed by atoms with E-state index in [0.29, 0.717) is 47.8 Å². The Hall–Kier alpha value is -3.38. The number of carboxylic acid groups (broad SMARTS) is 1. The molecule has 0 aliphatic heterocycles. The van der Waals surface area contributed by atoms with Crippen molar-refractivity contribution in [3.63, 3.8) is 0 Å².